The summed E-state index contributed by atoms with van der Waals surface area (Å²) in [7, 11) is 3.59. The minimum atomic E-state index is -4.13. The van der Waals surface area contributed by atoms with Crippen molar-refractivity contribution in [3.8, 4) is 5.75 Å². The summed E-state index contributed by atoms with van der Waals surface area (Å²) in [6.07, 6.45) is -3.38. The molecule has 1 aromatic carbocycles. The van der Waals surface area contributed by atoms with Crippen molar-refractivity contribution in [2.75, 3.05) is 46.9 Å². The number of halogens is 4. The van der Waals surface area contributed by atoms with E-state index in [9.17, 15) is 13.2 Å². The van der Waals surface area contributed by atoms with Crippen molar-refractivity contribution >= 4 is 29.9 Å². The molecule has 0 radical (unpaired) electrons. The molecule has 0 aromatic heterocycles. The van der Waals surface area contributed by atoms with E-state index in [1.165, 1.54) is 4.90 Å². The number of hydrogen-bond acceptors (Lipinski definition) is 3. The highest BCUT2D eigenvalue weighted by Gasteiger charge is 2.34. The number of nitrogens with zero attached hydrogens (tertiary/aromatic N) is 3. The van der Waals surface area contributed by atoms with E-state index in [0.717, 1.165) is 30.2 Å². The minimum absolute atomic E-state index is 0. The van der Waals surface area contributed by atoms with Crippen LogP contribution in [0.15, 0.2) is 29.3 Å². The monoisotopic (exact) mass is 514 g/mol. The van der Waals surface area contributed by atoms with E-state index in [0.29, 0.717) is 26.2 Å². The van der Waals surface area contributed by atoms with Gasteiger partial charge in [0.25, 0.3) is 0 Å². The van der Waals surface area contributed by atoms with E-state index in [4.69, 9.17) is 4.74 Å². The molecule has 1 unspecified atom stereocenters. The average Bonchev–Trinajstić information content (AvgIpc) is 3.04. The molecule has 5 nitrogen and oxygen atoms in total. The maximum Gasteiger partial charge on any atom is 0.401 e. The molecule has 0 saturated carbocycles. The van der Waals surface area contributed by atoms with Crippen LogP contribution >= 0.6 is 24.0 Å². The summed E-state index contributed by atoms with van der Waals surface area (Å²) in [5.41, 5.74) is 1.13. The van der Waals surface area contributed by atoms with Gasteiger partial charge in [-0.2, -0.15) is 13.2 Å². The van der Waals surface area contributed by atoms with Crippen molar-refractivity contribution in [2.24, 2.45) is 10.9 Å². The first-order chi connectivity index (χ1) is 12.8. The summed E-state index contributed by atoms with van der Waals surface area (Å²) >= 11 is 0. The Morgan fingerprint density at radius 3 is 2.57 bits per heavy atom. The standard InChI is InChI=1S/C19H29F3N4O.HI/c1-4-23-18(25(2)12-15-5-7-17(27-3)8-6-15)24-11-16-9-10-26(13-16)14-19(20,21)22;/h5-8,16H,4,9-14H2,1-3H3,(H,23,24);1H. The van der Waals surface area contributed by atoms with Gasteiger partial charge in [0.1, 0.15) is 5.75 Å². The fraction of sp³-hybridized carbons (Fsp3) is 0.632. The number of methoxy groups -OCH3 is 1. The summed E-state index contributed by atoms with van der Waals surface area (Å²) in [5.74, 6) is 1.74. The second-order valence-electron chi connectivity index (χ2n) is 6.90. The van der Waals surface area contributed by atoms with Gasteiger partial charge in [-0.25, -0.2) is 0 Å². The molecular formula is C19H30F3IN4O. The highest BCUT2D eigenvalue weighted by molar-refractivity contribution is 14.0. The molecule has 1 aliphatic heterocycles. The summed E-state index contributed by atoms with van der Waals surface area (Å²) in [6.45, 7) is 4.05. The van der Waals surface area contributed by atoms with Gasteiger partial charge in [-0.1, -0.05) is 12.1 Å². The minimum Gasteiger partial charge on any atom is -0.497 e. The van der Waals surface area contributed by atoms with Crippen molar-refractivity contribution in [3.63, 3.8) is 0 Å². The van der Waals surface area contributed by atoms with Crippen molar-refractivity contribution in [2.45, 2.75) is 26.1 Å². The van der Waals surface area contributed by atoms with Gasteiger partial charge >= 0.3 is 6.18 Å². The van der Waals surface area contributed by atoms with Gasteiger partial charge in [-0.05, 0) is 43.5 Å². The van der Waals surface area contributed by atoms with Gasteiger partial charge in [0.05, 0.1) is 13.7 Å². The third kappa shape index (κ3) is 8.42. The van der Waals surface area contributed by atoms with Gasteiger partial charge in [0.2, 0.25) is 0 Å². The second kappa shape index (κ2) is 11.7. The third-order valence-electron chi connectivity index (χ3n) is 4.55. The summed E-state index contributed by atoms with van der Waals surface area (Å²) < 4.78 is 42.7. The molecule has 0 spiro atoms. The third-order valence-corrected chi connectivity index (χ3v) is 4.55. The molecule has 160 valence electrons. The number of nitrogens with one attached hydrogen (secondary N) is 1. The molecule has 0 amide bonds. The Morgan fingerprint density at radius 2 is 2.00 bits per heavy atom. The number of aliphatic imine (C=N–C) groups is 1. The predicted molar refractivity (Wildman–Crippen MR) is 116 cm³/mol. The number of rotatable bonds is 7. The zero-order valence-electron chi connectivity index (χ0n) is 16.6. The van der Waals surface area contributed by atoms with Gasteiger partial charge in [-0.3, -0.25) is 9.89 Å². The summed E-state index contributed by atoms with van der Waals surface area (Å²) in [4.78, 5) is 8.14. The number of ether oxygens (including phenoxy) is 1. The molecule has 1 aromatic rings. The first-order valence-corrected chi connectivity index (χ1v) is 9.22. The zero-order valence-corrected chi connectivity index (χ0v) is 19.0. The Balaban J connectivity index is 0.00000392. The molecule has 1 fully saturated rings. The fourth-order valence-corrected chi connectivity index (χ4v) is 3.22. The molecule has 0 bridgehead atoms. The zero-order chi connectivity index (χ0) is 19.9. The lowest BCUT2D eigenvalue weighted by Crippen LogP contribution is -2.39. The van der Waals surface area contributed by atoms with Crippen molar-refractivity contribution < 1.29 is 17.9 Å². The first-order valence-electron chi connectivity index (χ1n) is 9.22. The number of hydrogen-bond donors (Lipinski definition) is 1. The van der Waals surface area contributed by atoms with Crippen molar-refractivity contribution in [1.82, 2.24) is 15.1 Å². The predicted octanol–water partition coefficient (Wildman–Crippen LogP) is 3.59. The van der Waals surface area contributed by atoms with Crippen LogP contribution in [-0.4, -0.2) is 68.8 Å². The SMILES string of the molecule is CCNC(=NCC1CCN(CC(F)(F)F)C1)N(C)Cc1ccc(OC)cc1.I. The molecular weight excluding hydrogens is 484 g/mol. The number of likely N-dealkylation sites (tertiary alicyclic amines) is 1. The Labute approximate surface area is 182 Å². The van der Waals surface area contributed by atoms with Crippen LogP contribution in [0.1, 0.15) is 18.9 Å². The van der Waals surface area contributed by atoms with Gasteiger partial charge in [0.15, 0.2) is 5.96 Å². The first kappa shape index (κ1) is 24.8. The number of guanidine groups is 1. The van der Waals surface area contributed by atoms with Gasteiger partial charge in [-0.15, -0.1) is 24.0 Å². The molecule has 1 N–H and O–H groups in total. The van der Waals surface area contributed by atoms with Crippen LogP contribution in [-0.2, 0) is 6.54 Å². The summed E-state index contributed by atoms with van der Waals surface area (Å²) in [6, 6.07) is 7.85. The van der Waals surface area contributed by atoms with Crippen LogP contribution in [0.2, 0.25) is 0 Å². The van der Waals surface area contributed by atoms with E-state index in [1.807, 2.05) is 43.1 Å². The molecule has 28 heavy (non-hydrogen) atoms. The average molecular weight is 514 g/mol. The van der Waals surface area contributed by atoms with E-state index in [1.54, 1.807) is 7.11 Å². The van der Waals surface area contributed by atoms with Gasteiger partial charge in [0, 0.05) is 33.2 Å². The molecule has 1 aliphatic rings. The quantitative estimate of drug-likeness (QED) is 0.343. The van der Waals surface area contributed by atoms with E-state index in [-0.39, 0.29) is 29.9 Å². The molecule has 9 heteroatoms. The lowest BCUT2D eigenvalue weighted by atomic mass is 10.1. The molecule has 0 aliphatic carbocycles. The number of benzene rings is 1. The van der Waals surface area contributed by atoms with E-state index >= 15 is 0 Å². The van der Waals surface area contributed by atoms with Crippen molar-refractivity contribution in [1.29, 1.82) is 0 Å². The van der Waals surface area contributed by atoms with Gasteiger partial charge < -0.3 is 15.0 Å². The lowest BCUT2D eigenvalue weighted by molar-refractivity contribution is -0.143. The Bertz CT molecular complexity index is 610. The van der Waals surface area contributed by atoms with Crippen molar-refractivity contribution in [3.05, 3.63) is 29.8 Å². The second-order valence-corrected chi connectivity index (χ2v) is 6.90. The van der Waals surface area contributed by atoms with Crippen LogP contribution in [0.5, 0.6) is 5.75 Å². The van der Waals surface area contributed by atoms with Crippen LogP contribution in [0.4, 0.5) is 13.2 Å². The summed E-state index contributed by atoms with van der Waals surface area (Å²) in [5, 5.41) is 3.26. The topological polar surface area (TPSA) is 40.1 Å². The molecule has 1 heterocycles. The Morgan fingerprint density at radius 1 is 1.32 bits per heavy atom. The number of alkyl halides is 3. The van der Waals surface area contributed by atoms with E-state index in [2.05, 4.69) is 10.3 Å². The largest absolute Gasteiger partial charge is 0.497 e. The smallest absolute Gasteiger partial charge is 0.401 e. The molecule has 2 rings (SSSR count). The van der Waals surface area contributed by atoms with Crippen LogP contribution in [0.25, 0.3) is 0 Å². The highest BCUT2D eigenvalue weighted by Crippen LogP contribution is 2.23. The molecule has 1 saturated heterocycles. The van der Waals surface area contributed by atoms with Crippen LogP contribution in [0, 0.1) is 5.92 Å². The lowest BCUT2D eigenvalue weighted by Gasteiger charge is -2.23. The maximum atomic E-state index is 12.5. The van der Waals surface area contributed by atoms with Crippen LogP contribution < -0.4 is 10.1 Å². The maximum absolute atomic E-state index is 12.5. The van der Waals surface area contributed by atoms with E-state index < -0.39 is 12.7 Å². The Kier molecular flexibility index (Phi) is 10.4. The fourth-order valence-electron chi connectivity index (χ4n) is 3.22. The Hall–Kier alpha value is -1.23. The normalized spacial score (nSPS) is 17.9. The highest BCUT2D eigenvalue weighted by atomic mass is 127. The molecule has 1 atom stereocenters. The van der Waals surface area contributed by atoms with Crippen LogP contribution in [0.3, 0.4) is 0 Å².